The average molecular weight is 289 g/mol. The number of hydrogen-bond donors (Lipinski definition) is 1. The van der Waals surface area contributed by atoms with Crippen LogP contribution in [0.4, 0.5) is 0 Å². The molecule has 100 valence electrons. The van der Waals surface area contributed by atoms with Crippen LogP contribution >= 0.6 is 23.2 Å². The highest BCUT2D eigenvalue weighted by Gasteiger charge is 2.37. The van der Waals surface area contributed by atoms with Gasteiger partial charge in [-0.25, -0.2) is 0 Å². The second-order valence-corrected chi connectivity index (χ2v) is 6.08. The molecule has 0 aromatic carbocycles. The Labute approximate surface area is 118 Å². The molecule has 1 aliphatic rings. The zero-order chi connectivity index (χ0) is 13.2. The smallest absolute Gasteiger partial charge is 0.0649 e. The van der Waals surface area contributed by atoms with E-state index in [-0.39, 0.29) is 12.0 Å². The maximum absolute atomic E-state index is 9.47. The molecule has 3 nitrogen and oxygen atoms in total. The summed E-state index contributed by atoms with van der Waals surface area (Å²) in [7, 11) is 2.03. The summed E-state index contributed by atoms with van der Waals surface area (Å²) in [6.45, 7) is 1.82. The molecule has 0 unspecified atom stereocenters. The number of aliphatic hydroxyl groups is 1. The van der Waals surface area contributed by atoms with Crippen molar-refractivity contribution < 1.29 is 5.11 Å². The first kappa shape index (κ1) is 14.1. The summed E-state index contributed by atoms with van der Waals surface area (Å²) < 4.78 is 0. The minimum absolute atomic E-state index is 0.0841. The highest BCUT2D eigenvalue weighted by atomic mass is 35.5. The van der Waals surface area contributed by atoms with Crippen LogP contribution in [0.2, 0.25) is 10.0 Å². The summed E-state index contributed by atoms with van der Waals surface area (Å²) in [5.74, 6) is 0. The van der Waals surface area contributed by atoms with E-state index in [0.29, 0.717) is 16.6 Å². The van der Waals surface area contributed by atoms with Gasteiger partial charge in [-0.1, -0.05) is 29.6 Å². The third-order valence-electron chi connectivity index (χ3n) is 3.74. The van der Waals surface area contributed by atoms with E-state index < -0.39 is 0 Å². The van der Waals surface area contributed by atoms with Gasteiger partial charge in [-0.3, -0.25) is 4.98 Å². The lowest BCUT2D eigenvalue weighted by molar-refractivity contribution is 0.0127. The van der Waals surface area contributed by atoms with Crippen LogP contribution in [-0.4, -0.2) is 35.2 Å². The minimum Gasteiger partial charge on any atom is -0.396 e. The molecule has 0 amide bonds. The molecule has 1 N–H and O–H groups in total. The van der Waals surface area contributed by atoms with Gasteiger partial charge in [-0.2, -0.15) is 0 Å². The molecule has 18 heavy (non-hydrogen) atoms. The molecule has 0 atom stereocenters. The maximum atomic E-state index is 9.47. The normalized spacial score (nSPS) is 17.8. The average Bonchev–Trinajstić information content (AvgIpc) is 2.29. The Balaban J connectivity index is 2.01. The van der Waals surface area contributed by atoms with Crippen LogP contribution in [0.25, 0.3) is 0 Å². The van der Waals surface area contributed by atoms with E-state index in [4.69, 9.17) is 23.2 Å². The standard InChI is InChI=1S/C13H18Cl2N2O/c1-17(8-13(9-18)3-2-4-13)7-10-11(14)5-16-6-12(10)15/h5-6,18H,2-4,7-9H2,1H3. The first-order chi connectivity index (χ1) is 8.56. The molecule has 1 aromatic heterocycles. The minimum atomic E-state index is 0.0841. The Hall–Kier alpha value is -0.350. The molecule has 0 spiro atoms. The number of pyridine rings is 1. The predicted molar refractivity (Wildman–Crippen MR) is 74.0 cm³/mol. The third-order valence-corrected chi connectivity index (χ3v) is 4.39. The van der Waals surface area contributed by atoms with Crippen molar-refractivity contribution >= 4 is 23.2 Å². The lowest BCUT2D eigenvalue weighted by Crippen LogP contribution is -2.43. The summed E-state index contributed by atoms with van der Waals surface area (Å²) >= 11 is 12.2. The van der Waals surface area contributed by atoms with Crippen LogP contribution in [0.5, 0.6) is 0 Å². The number of hydrogen-bond acceptors (Lipinski definition) is 3. The van der Waals surface area contributed by atoms with Crippen molar-refractivity contribution in [2.75, 3.05) is 20.2 Å². The van der Waals surface area contributed by atoms with Crippen LogP contribution in [0.3, 0.4) is 0 Å². The largest absolute Gasteiger partial charge is 0.396 e. The summed E-state index contributed by atoms with van der Waals surface area (Å²) in [6, 6.07) is 0. The molecular weight excluding hydrogens is 271 g/mol. The zero-order valence-electron chi connectivity index (χ0n) is 10.5. The lowest BCUT2D eigenvalue weighted by atomic mass is 9.69. The van der Waals surface area contributed by atoms with E-state index >= 15 is 0 Å². The van der Waals surface area contributed by atoms with Crippen LogP contribution in [0.1, 0.15) is 24.8 Å². The van der Waals surface area contributed by atoms with Gasteiger partial charge in [0.05, 0.1) is 10.0 Å². The van der Waals surface area contributed by atoms with E-state index in [1.54, 1.807) is 12.4 Å². The number of halogens is 2. The van der Waals surface area contributed by atoms with E-state index in [9.17, 15) is 5.11 Å². The Bertz CT molecular complexity index is 396. The molecule has 0 saturated heterocycles. The Morgan fingerprint density at radius 1 is 1.33 bits per heavy atom. The molecule has 1 fully saturated rings. The van der Waals surface area contributed by atoms with Crippen molar-refractivity contribution in [1.82, 2.24) is 9.88 Å². The fraction of sp³-hybridized carbons (Fsp3) is 0.615. The molecule has 1 heterocycles. The maximum Gasteiger partial charge on any atom is 0.0649 e. The Morgan fingerprint density at radius 3 is 2.39 bits per heavy atom. The van der Waals surface area contributed by atoms with Gasteiger partial charge >= 0.3 is 0 Å². The number of nitrogens with zero attached hydrogens (tertiary/aromatic N) is 2. The van der Waals surface area contributed by atoms with Crippen molar-refractivity contribution in [1.29, 1.82) is 0 Å². The fourth-order valence-electron chi connectivity index (χ4n) is 2.53. The summed E-state index contributed by atoms with van der Waals surface area (Å²) in [4.78, 5) is 6.12. The van der Waals surface area contributed by atoms with Crippen molar-refractivity contribution in [2.45, 2.75) is 25.8 Å². The van der Waals surface area contributed by atoms with Gasteiger partial charge in [0.2, 0.25) is 0 Å². The van der Waals surface area contributed by atoms with Gasteiger partial charge in [0.15, 0.2) is 0 Å². The molecule has 1 aromatic rings. The predicted octanol–water partition coefficient (Wildman–Crippen LogP) is 2.98. The van der Waals surface area contributed by atoms with Gasteiger partial charge in [0, 0.05) is 43.1 Å². The topological polar surface area (TPSA) is 36.4 Å². The van der Waals surface area contributed by atoms with Gasteiger partial charge < -0.3 is 10.0 Å². The molecular formula is C13H18Cl2N2O. The highest BCUT2D eigenvalue weighted by molar-refractivity contribution is 6.35. The second kappa shape index (κ2) is 5.74. The van der Waals surface area contributed by atoms with Crippen molar-refractivity contribution in [3.05, 3.63) is 28.0 Å². The number of aliphatic hydroxyl groups excluding tert-OH is 1. The van der Waals surface area contributed by atoms with Crippen molar-refractivity contribution in [2.24, 2.45) is 5.41 Å². The molecule has 2 rings (SSSR count). The molecule has 1 aliphatic carbocycles. The van der Waals surface area contributed by atoms with Crippen molar-refractivity contribution in [3.8, 4) is 0 Å². The highest BCUT2D eigenvalue weighted by Crippen LogP contribution is 2.41. The van der Waals surface area contributed by atoms with E-state index in [1.165, 1.54) is 6.42 Å². The Kier molecular flexibility index (Phi) is 4.49. The number of rotatable bonds is 5. The molecule has 1 saturated carbocycles. The van der Waals surface area contributed by atoms with E-state index in [1.807, 2.05) is 7.05 Å². The van der Waals surface area contributed by atoms with E-state index in [2.05, 4.69) is 9.88 Å². The van der Waals surface area contributed by atoms with Crippen LogP contribution in [-0.2, 0) is 6.54 Å². The van der Waals surface area contributed by atoms with Gasteiger partial charge in [-0.15, -0.1) is 0 Å². The van der Waals surface area contributed by atoms with Gasteiger partial charge in [0.1, 0.15) is 0 Å². The van der Waals surface area contributed by atoms with Gasteiger partial charge in [-0.05, 0) is 19.9 Å². The summed E-state index contributed by atoms with van der Waals surface area (Å²) in [6.07, 6.45) is 6.64. The molecule has 0 radical (unpaired) electrons. The van der Waals surface area contributed by atoms with Crippen LogP contribution in [0, 0.1) is 5.41 Å². The van der Waals surface area contributed by atoms with Crippen molar-refractivity contribution in [3.63, 3.8) is 0 Å². The van der Waals surface area contributed by atoms with Gasteiger partial charge in [0.25, 0.3) is 0 Å². The molecule has 0 aliphatic heterocycles. The first-order valence-corrected chi connectivity index (χ1v) is 6.89. The fourth-order valence-corrected chi connectivity index (χ4v) is 3.01. The zero-order valence-corrected chi connectivity index (χ0v) is 12.0. The monoisotopic (exact) mass is 288 g/mol. The molecule has 0 bridgehead atoms. The van der Waals surface area contributed by atoms with E-state index in [0.717, 1.165) is 24.9 Å². The lowest BCUT2D eigenvalue weighted by Gasteiger charge is -2.43. The third kappa shape index (κ3) is 2.97. The quantitative estimate of drug-likeness (QED) is 0.905. The van der Waals surface area contributed by atoms with Crippen LogP contribution in [0.15, 0.2) is 12.4 Å². The number of aromatic nitrogens is 1. The molecule has 5 heteroatoms. The second-order valence-electron chi connectivity index (χ2n) is 5.27. The first-order valence-electron chi connectivity index (χ1n) is 6.14. The Morgan fingerprint density at radius 2 is 1.94 bits per heavy atom. The summed E-state index contributed by atoms with van der Waals surface area (Å²) in [5, 5.41) is 10.7. The summed E-state index contributed by atoms with van der Waals surface area (Å²) in [5.41, 5.74) is 0.990. The van der Waals surface area contributed by atoms with Crippen LogP contribution < -0.4 is 0 Å². The SMILES string of the molecule is CN(Cc1c(Cl)cncc1Cl)CC1(CO)CCC1.